The first kappa shape index (κ1) is 25.6. The van der Waals surface area contributed by atoms with Crippen molar-refractivity contribution in [2.24, 2.45) is 4.99 Å². The van der Waals surface area contributed by atoms with Gasteiger partial charge in [0.15, 0.2) is 5.03 Å². The van der Waals surface area contributed by atoms with E-state index < -0.39 is 10.0 Å². The topological polar surface area (TPSA) is 144 Å². The number of methoxy groups -OCH3 is 1. The lowest BCUT2D eigenvalue weighted by Crippen LogP contribution is -2.19. The van der Waals surface area contributed by atoms with Gasteiger partial charge >= 0.3 is 0 Å². The highest BCUT2D eigenvalue weighted by Crippen LogP contribution is 2.33. The Bertz CT molecular complexity index is 1320. The van der Waals surface area contributed by atoms with Crippen LogP contribution in [0.3, 0.4) is 0 Å². The van der Waals surface area contributed by atoms with Crippen molar-refractivity contribution in [3.8, 4) is 28.5 Å². The molecule has 0 radical (unpaired) electrons. The molecule has 3 aromatic rings. The maximum atomic E-state index is 11.9. The van der Waals surface area contributed by atoms with E-state index in [0.717, 1.165) is 11.3 Å². The second-order valence-corrected chi connectivity index (χ2v) is 9.91. The number of hydrogen-bond acceptors (Lipinski definition) is 9. The Morgan fingerprint density at radius 3 is 2.61 bits per heavy atom. The van der Waals surface area contributed by atoms with Crippen LogP contribution in [0.5, 0.6) is 17.2 Å². The van der Waals surface area contributed by atoms with Crippen molar-refractivity contribution in [2.75, 3.05) is 33.9 Å². The fourth-order valence-corrected chi connectivity index (χ4v) is 4.18. The number of aromatic amines is 1. The fraction of sp³-hybridized carbons (Fsp3) is 0.333. The minimum atomic E-state index is -3.65. The number of nitrogens with one attached hydrogen (secondary N) is 2. The van der Waals surface area contributed by atoms with Crippen LogP contribution in [0.2, 0.25) is 0 Å². The van der Waals surface area contributed by atoms with Crippen LogP contribution in [0.4, 0.5) is 0 Å². The predicted molar refractivity (Wildman–Crippen MR) is 132 cm³/mol. The Morgan fingerprint density at radius 1 is 1.17 bits per heavy atom. The number of aliphatic imine (C=N–C) groups is 1. The van der Waals surface area contributed by atoms with E-state index in [1.807, 2.05) is 31.2 Å². The minimum absolute atomic E-state index is 0.100. The highest BCUT2D eigenvalue weighted by molar-refractivity contribution is 7.89. The van der Waals surface area contributed by atoms with Gasteiger partial charge in [0.05, 0.1) is 26.0 Å². The number of rotatable bonds is 11. The molecule has 1 aliphatic rings. The molecular formula is C24H28N4O7S. The molecule has 1 aliphatic heterocycles. The Morgan fingerprint density at radius 2 is 1.94 bits per heavy atom. The standard InChI is InChI=1S/C24H28N4O7S/c1-15(14-32-3)33-18-8-16(21-5-6-22(28-21)24-27-12-20(13-29)35-24)9-19(10-18)34-17-4-7-23(26-11-17)36(30,31)25-2/h4-11,15,20,25,28-29H,12-14H2,1-3H3/t15-,20+/m0/s1. The highest BCUT2D eigenvalue weighted by Gasteiger charge is 2.21. The average Bonchev–Trinajstić information content (AvgIpc) is 3.54. The average molecular weight is 517 g/mol. The van der Waals surface area contributed by atoms with Gasteiger partial charge in [0, 0.05) is 24.4 Å². The molecule has 0 amide bonds. The predicted octanol–water partition coefficient (Wildman–Crippen LogP) is 2.33. The number of sulfonamides is 1. The Balaban J connectivity index is 1.62. The number of aliphatic hydroxyl groups excluding tert-OH is 1. The zero-order valence-corrected chi connectivity index (χ0v) is 20.9. The molecule has 3 heterocycles. The summed E-state index contributed by atoms with van der Waals surface area (Å²) in [5.74, 6) is 1.82. The third-order valence-electron chi connectivity index (χ3n) is 5.26. The number of ether oxygens (including phenoxy) is 4. The van der Waals surface area contributed by atoms with E-state index in [0.29, 0.717) is 42.0 Å². The molecule has 0 saturated heterocycles. The van der Waals surface area contributed by atoms with Crippen LogP contribution in [0.25, 0.3) is 11.3 Å². The molecule has 0 spiro atoms. The summed E-state index contributed by atoms with van der Waals surface area (Å²) in [4.78, 5) is 11.6. The van der Waals surface area contributed by atoms with E-state index >= 15 is 0 Å². The molecule has 36 heavy (non-hydrogen) atoms. The van der Waals surface area contributed by atoms with Gasteiger partial charge in [0.2, 0.25) is 5.90 Å². The smallest absolute Gasteiger partial charge is 0.257 e. The van der Waals surface area contributed by atoms with Crippen molar-refractivity contribution in [3.63, 3.8) is 0 Å². The number of aromatic nitrogens is 2. The second kappa shape index (κ2) is 11.1. The molecule has 3 N–H and O–H groups in total. The molecule has 0 saturated carbocycles. The number of benzene rings is 1. The molecule has 11 nitrogen and oxygen atoms in total. The Kier molecular flexibility index (Phi) is 7.89. The summed E-state index contributed by atoms with van der Waals surface area (Å²) in [5.41, 5.74) is 2.23. The molecular weight excluding hydrogens is 488 g/mol. The molecule has 2 atom stereocenters. The van der Waals surface area contributed by atoms with Crippen LogP contribution in [-0.4, -0.2) is 75.5 Å². The van der Waals surface area contributed by atoms with E-state index in [-0.39, 0.29) is 23.8 Å². The Hall–Kier alpha value is -3.45. The quantitative estimate of drug-likeness (QED) is 0.352. The normalized spacial score (nSPS) is 16.3. The van der Waals surface area contributed by atoms with E-state index in [2.05, 4.69) is 19.7 Å². The van der Waals surface area contributed by atoms with Gasteiger partial charge in [-0.25, -0.2) is 23.1 Å². The van der Waals surface area contributed by atoms with Gasteiger partial charge in [0.1, 0.15) is 35.2 Å². The van der Waals surface area contributed by atoms with Gasteiger partial charge in [0.25, 0.3) is 10.0 Å². The molecule has 2 aromatic heterocycles. The summed E-state index contributed by atoms with van der Waals surface area (Å²) in [6.45, 7) is 2.60. The van der Waals surface area contributed by atoms with Crippen molar-refractivity contribution >= 4 is 15.9 Å². The monoisotopic (exact) mass is 516 g/mol. The third-order valence-corrected chi connectivity index (χ3v) is 6.59. The maximum absolute atomic E-state index is 11.9. The number of nitrogens with zero attached hydrogens (tertiary/aromatic N) is 2. The number of H-pyrrole nitrogens is 1. The molecule has 4 rings (SSSR count). The van der Waals surface area contributed by atoms with Gasteiger partial charge in [-0.15, -0.1) is 0 Å². The molecule has 1 aromatic carbocycles. The molecule has 192 valence electrons. The van der Waals surface area contributed by atoms with Crippen molar-refractivity contribution in [3.05, 3.63) is 54.4 Å². The summed E-state index contributed by atoms with van der Waals surface area (Å²) < 4.78 is 48.9. The molecule has 12 heteroatoms. The fourth-order valence-electron chi connectivity index (χ4n) is 3.53. The van der Waals surface area contributed by atoms with Crippen LogP contribution in [0.15, 0.2) is 58.7 Å². The number of hydrogen-bond donors (Lipinski definition) is 3. The maximum Gasteiger partial charge on any atom is 0.257 e. The first-order valence-electron chi connectivity index (χ1n) is 11.2. The molecule has 0 bridgehead atoms. The van der Waals surface area contributed by atoms with Crippen molar-refractivity contribution in [1.29, 1.82) is 0 Å². The van der Waals surface area contributed by atoms with E-state index in [9.17, 15) is 13.5 Å². The summed E-state index contributed by atoms with van der Waals surface area (Å²) in [5, 5.41) is 9.18. The van der Waals surface area contributed by atoms with Crippen LogP contribution < -0.4 is 14.2 Å². The van der Waals surface area contributed by atoms with Crippen molar-refractivity contribution < 1.29 is 32.5 Å². The lowest BCUT2D eigenvalue weighted by Gasteiger charge is -2.16. The molecule has 0 fully saturated rings. The van der Waals surface area contributed by atoms with Gasteiger partial charge in [-0.1, -0.05) is 0 Å². The van der Waals surface area contributed by atoms with Crippen LogP contribution in [-0.2, 0) is 19.5 Å². The second-order valence-electron chi connectivity index (χ2n) is 8.07. The Labute approximate surface area is 209 Å². The van der Waals surface area contributed by atoms with Gasteiger partial charge < -0.3 is 29.0 Å². The van der Waals surface area contributed by atoms with Crippen LogP contribution >= 0.6 is 0 Å². The summed E-state index contributed by atoms with van der Waals surface area (Å²) in [6.07, 6.45) is 0.792. The van der Waals surface area contributed by atoms with E-state index in [4.69, 9.17) is 18.9 Å². The van der Waals surface area contributed by atoms with Crippen molar-refractivity contribution in [1.82, 2.24) is 14.7 Å². The van der Waals surface area contributed by atoms with E-state index in [1.54, 1.807) is 13.2 Å². The van der Waals surface area contributed by atoms with Crippen molar-refractivity contribution in [2.45, 2.75) is 24.2 Å². The SMILES string of the molecule is CNS(=O)(=O)c1ccc(Oc2cc(O[C@@H](C)COC)cc(-c3ccc(C4=NC[C@H](CO)O4)[nH]3)c2)cn1. The zero-order chi connectivity index (χ0) is 25.7. The van der Waals surface area contributed by atoms with Gasteiger partial charge in [-0.3, -0.25) is 0 Å². The van der Waals surface area contributed by atoms with Gasteiger partial charge in [-0.05, 0) is 50.4 Å². The van der Waals surface area contributed by atoms with Crippen LogP contribution in [0.1, 0.15) is 12.6 Å². The third kappa shape index (κ3) is 6.02. The lowest BCUT2D eigenvalue weighted by molar-refractivity contribution is 0.0920. The summed E-state index contributed by atoms with van der Waals surface area (Å²) in [7, 11) is -0.729. The number of pyridine rings is 1. The highest BCUT2D eigenvalue weighted by atomic mass is 32.2. The largest absolute Gasteiger partial charge is 0.488 e. The van der Waals surface area contributed by atoms with Crippen LogP contribution in [0, 0.1) is 0 Å². The first-order chi connectivity index (χ1) is 17.3. The summed E-state index contributed by atoms with van der Waals surface area (Å²) in [6, 6.07) is 12.0. The molecule has 0 unspecified atom stereocenters. The molecule has 0 aliphatic carbocycles. The lowest BCUT2D eigenvalue weighted by atomic mass is 10.1. The first-order valence-corrected chi connectivity index (χ1v) is 12.7. The summed E-state index contributed by atoms with van der Waals surface area (Å²) >= 11 is 0. The zero-order valence-electron chi connectivity index (χ0n) is 20.1. The van der Waals surface area contributed by atoms with E-state index in [1.165, 1.54) is 25.4 Å². The minimum Gasteiger partial charge on any atom is -0.488 e. The van der Waals surface area contributed by atoms with Gasteiger partial charge in [-0.2, -0.15) is 0 Å². The number of aliphatic hydroxyl groups is 1.